The van der Waals surface area contributed by atoms with Gasteiger partial charge in [-0.2, -0.15) is 0 Å². The molecule has 0 rings (SSSR count). The predicted octanol–water partition coefficient (Wildman–Crippen LogP) is 1.41. The van der Waals surface area contributed by atoms with Crippen molar-refractivity contribution in [3.05, 3.63) is 0 Å². The molecule has 0 unspecified atom stereocenters. The summed E-state index contributed by atoms with van der Waals surface area (Å²) in [6.07, 6.45) is -5.72. The Morgan fingerprint density at radius 3 is 2.24 bits per heavy atom. The van der Waals surface area contributed by atoms with E-state index < -0.39 is 37.3 Å². The first-order valence-corrected chi connectivity index (χ1v) is 4.84. The van der Waals surface area contributed by atoms with Gasteiger partial charge in [-0.3, -0.25) is 4.74 Å². The third-order valence-electron chi connectivity index (χ3n) is 1.39. The van der Waals surface area contributed by atoms with Gasteiger partial charge in [0, 0.05) is 0 Å². The summed E-state index contributed by atoms with van der Waals surface area (Å²) in [6, 6.07) is -1.17. The number of aliphatic hydroxyl groups excluding tert-OH is 1. The molecule has 8 heteroatoms. The summed E-state index contributed by atoms with van der Waals surface area (Å²) in [7, 11) is 0. The van der Waals surface area contributed by atoms with Gasteiger partial charge in [0.05, 0.1) is 19.3 Å². The molecule has 102 valence electrons. The van der Waals surface area contributed by atoms with Crippen LogP contribution in [0, 0.1) is 0 Å². The van der Waals surface area contributed by atoms with Crippen LogP contribution in [-0.4, -0.2) is 42.4 Å². The van der Waals surface area contributed by atoms with E-state index in [0.717, 1.165) is 0 Å². The maximum atomic E-state index is 11.7. The summed E-state index contributed by atoms with van der Waals surface area (Å²) >= 11 is 0. The molecule has 0 aromatic heterocycles. The highest BCUT2D eigenvalue weighted by Gasteiger charge is 2.31. The van der Waals surface area contributed by atoms with Crippen LogP contribution in [0.3, 0.4) is 0 Å². The molecule has 0 fully saturated rings. The van der Waals surface area contributed by atoms with Gasteiger partial charge in [0.15, 0.2) is 0 Å². The minimum Gasteiger partial charge on any atom is -0.444 e. The van der Waals surface area contributed by atoms with E-state index in [2.05, 4.69) is 10.1 Å². The third kappa shape index (κ3) is 9.88. The Morgan fingerprint density at radius 1 is 1.35 bits per heavy atom. The van der Waals surface area contributed by atoms with Gasteiger partial charge in [-0.25, -0.2) is 4.79 Å². The molecule has 0 heterocycles. The summed E-state index contributed by atoms with van der Waals surface area (Å²) in [5.41, 5.74) is -0.769. The van der Waals surface area contributed by atoms with Crippen LogP contribution in [0.5, 0.6) is 0 Å². The second-order valence-corrected chi connectivity index (χ2v) is 4.28. The largest absolute Gasteiger partial charge is 0.522 e. The molecule has 0 aromatic rings. The molecule has 0 saturated carbocycles. The molecule has 2 N–H and O–H groups in total. The fraction of sp³-hybridized carbons (Fsp3) is 0.889. The molecule has 0 aromatic carbocycles. The summed E-state index contributed by atoms with van der Waals surface area (Å²) in [5, 5.41) is 10.8. The number of carbonyl (C=O) groups is 1. The molecule has 0 aliphatic rings. The molecule has 1 atom stereocenters. The highest BCUT2D eigenvalue weighted by Crippen LogP contribution is 2.16. The Morgan fingerprint density at radius 2 is 1.88 bits per heavy atom. The lowest BCUT2D eigenvalue weighted by atomic mass is 10.2. The van der Waals surface area contributed by atoms with Gasteiger partial charge in [-0.15, -0.1) is 13.2 Å². The zero-order valence-corrected chi connectivity index (χ0v) is 9.80. The van der Waals surface area contributed by atoms with Crippen molar-refractivity contribution in [1.29, 1.82) is 0 Å². The van der Waals surface area contributed by atoms with Crippen LogP contribution in [-0.2, 0) is 9.47 Å². The highest BCUT2D eigenvalue weighted by atomic mass is 19.4. The van der Waals surface area contributed by atoms with Crippen molar-refractivity contribution in [2.75, 3.05) is 13.2 Å². The summed E-state index contributed by atoms with van der Waals surface area (Å²) in [4.78, 5) is 11.2. The maximum absolute atomic E-state index is 11.7. The van der Waals surface area contributed by atoms with Crippen molar-refractivity contribution in [3.63, 3.8) is 0 Å². The average Bonchev–Trinajstić information content (AvgIpc) is 2.07. The van der Waals surface area contributed by atoms with Gasteiger partial charge in [0.2, 0.25) is 0 Å². The molecule has 0 saturated heterocycles. The molecule has 0 radical (unpaired) electrons. The smallest absolute Gasteiger partial charge is 0.444 e. The average molecular weight is 259 g/mol. The van der Waals surface area contributed by atoms with E-state index in [1.807, 2.05) is 0 Å². The number of hydrogen-bond donors (Lipinski definition) is 2. The number of amides is 1. The zero-order valence-electron chi connectivity index (χ0n) is 9.80. The van der Waals surface area contributed by atoms with Crippen molar-refractivity contribution in [3.8, 4) is 0 Å². The van der Waals surface area contributed by atoms with Crippen LogP contribution >= 0.6 is 0 Å². The van der Waals surface area contributed by atoms with Gasteiger partial charge in [-0.1, -0.05) is 0 Å². The SMILES string of the molecule is CC(C)(C)OC(=O)N[C@H](CO)COC(F)(F)F. The third-order valence-corrected chi connectivity index (χ3v) is 1.39. The van der Waals surface area contributed by atoms with Gasteiger partial charge in [0.1, 0.15) is 5.60 Å². The molecule has 0 aliphatic carbocycles. The fourth-order valence-electron chi connectivity index (χ4n) is 0.809. The van der Waals surface area contributed by atoms with Crippen molar-refractivity contribution in [2.45, 2.75) is 38.8 Å². The number of halogens is 3. The quantitative estimate of drug-likeness (QED) is 0.801. The number of aliphatic hydroxyl groups is 1. The first kappa shape index (κ1) is 16.0. The normalized spacial score (nSPS) is 14.3. The van der Waals surface area contributed by atoms with Crippen LogP contribution in [0.2, 0.25) is 0 Å². The highest BCUT2D eigenvalue weighted by molar-refractivity contribution is 5.68. The standard InChI is InChI=1S/C9H16F3NO4/c1-8(2,3)17-7(15)13-6(4-14)5-16-9(10,11)12/h6,14H,4-5H2,1-3H3,(H,13,15)/t6-/m1/s1. The molecule has 0 bridgehead atoms. The maximum Gasteiger partial charge on any atom is 0.522 e. The number of alkyl halides is 3. The lowest BCUT2D eigenvalue weighted by Gasteiger charge is -2.22. The number of alkyl carbamates (subject to hydrolysis) is 1. The Hall–Kier alpha value is -1.02. The number of ether oxygens (including phenoxy) is 2. The second kappa shape index (κ2) is 6.06. The summed E-state index contributed by atoms with van der Waals surface area (Å²) in [5.74, 6) is 0. The van der Waals surface area contributed by atoms with Crippen molar-refractivity contribution in [2.24, 2.45) is 0 Å². The number of nitrogens with one attached hydrogen (secondary N) is 1. The molecular weight excluding hydrogens is 243 g/mol. The Bertz CT molecular complexity index is 250. The van der Waals surface area contributed by atoms with Crippen LogP contribution in [0.15, 0.2) is 0 Å². The first-order valence-electron chi connectivity index (χ1n) is 4.84. The molecular formula is C9H16F3NO4. The lowest BCUT2D eigenvalue weighted by molar-refractivity contribution is -0.326. The Labute approximate surface area is 96.9 Å². The molecule has 1 amide bonds. The van der Waals surface area contributed by atoms with Crippen molar-refractivity contribution in [1.82, 2.24) is 5.32 Å². The van der Waals surface area contributed by atoms with E-state index in [0.29, 0.717) is 0 Å². The van der Waals surface area contributed by atoms with E-state index in [1.54, 1.807) is 20.8 Å². The number of hydrogen-bond acceptors (Lipinski definition) is 4. The zero-order chi connectivity index (χ0) is 13.7. The first-order chi connectivity index (χ1) is 7.53. The predicted molar refractivity (Wildman–Crippen MR) is 52.3 cm³/mol. The van der Waals surface area contributed by atoms with E-state index in [4.69, 9.17) is 9.84 Å². The second-order valence-electron chi connectivity index (χ2n) is 4.28. The van der Waals surface area contributed by atoms with E-state index >= 15 is 0 Å². The minimum absolute atomic E-state index is 0.685. The van der Waals surface area contributed by atoms with Gasteiger partial charge in [-0.05, 0) is 20.8 Å². The lowest BCUT2D eigenvalue weighted by Crippen LogP contribution is -2.44. The van der Waals surface area contributed by atoms with Crippen LogP contribution in [0.1, 0.15) is 20.8 Å². The Kier molecular flexibility index (Phi) is 5.70. The van der Waals surface area contributed by atoms with E-state index in [-0.39, 0.29) is 0 Å². The van der Waals surface area contributed by atoms with Crippen LogP contribution in [0.4, 0.5) is 18.0 Å². The summed E-state index contributed by atoms with van der Waals surface area (Å²) < 4.78 is 43.4. The van der Waals surface area contributed by atoms with Crippen LogP contribution < -0.4 is 5.32 Å². The van der Waals surface area contributed by atoms with E-state index in [1.165, 1.54) is 0 Å². The van der Waals surface area contributed by atoms with Gasteiger partial charge in [0.25, 0.3) is 0 Å². The number of carbonyl (C=O) groups excluding carboxylic acids is 1. The van der Waals surface area contributed by atoms with Crippen molar-refractivity contribution < 1.29 is 32.5 Å². The molecule has 17 heavy (non-hydrogen) atoms. The van der Waals surface area contributed by atoms with Gasteiger partial charge < -0.3 is 15.2 Å². The minimum atomic E-state index is -4.80. The molecule has 0 spiro atoms. The fourth-order valence-corrected chi connectivity index (χ4v) is 0.809. The summed E-state index contributed by atoms with van der Waals surface area (Å²) in [6.45, 7) is 3.25. The van der Waals surface area contributed by atoms with Gasteiger partial charge >= 0.3 is 12.5 Å². The monoisotopic (exact) mass is 259 g/mol. The van der Waals surface area contributed by atoms with Crippen LogP contribution in [0.25, 0.3) is 0 Å². The Balaban J connectivity index is 4.09. The van der Waals surface area contributed by atoms with Crippen molar-refractivity contribution >= 4 is 6.09 Å². The molecule has 0 aliphatic heterocycles. The molecule has 5 nitrogen and oxygen atoms in total. The number of rotatable bonds is 4. The topological polar surface area (TPSA) is 67.8 Å². The van der Waals surface area contributed by atoms with E-state index in [9.17, 15) is 18.0 Å².